The lowest BCUT2D eigenvalue weighted by Gasteiger charge is -2.06. The number of phenols is 1. The van der Waals surface area contributed by atoms with Crippen molar-refractivity contribution in [3.8, 4) is 5.75 Å². The third kappa shape index (κ3) is 3.72. The average molecular weight is 243 g/mol. The molecule has 4 nitrogen and oxygen atoms in total. The van der Waals surface area contributed by atoms with Gasteiger partial charge in [-0.25, -0.2) is 0 Å². The lowest BCUT2D eigenvalue weighted by atomic mass is 10.2. The Morgan fingerprint density at radius 2 is 2.19 bits per heavy atom. The Balaban J connectivity index is 2.53. The fourth-order valence-electron chi connectivity index (χ4n) is 1.26. The number of carbonyl (C=O) groups excluding carboxylic acids is 1. The molecule has 0 aliphatic rings. The second-order valence-corrected chi connectivity index (χ2v) is 3.81. The van der Waals surface area contributed by atoms with E-state index in [1.807, 2.05) is 7.05 Å². The van der Waals surface area contributed by atoms with E-state index >= 15 is 0 Å². The minimum Gasteiger partial charge on any atom is -0.507 e. The molecule has 0 heterocycles. The quantitative estimate of drug-likeness (QED) is 0.684. The fraction of sp³-hybridized carbons (Fsp3) is 0.364. The molecule has 0 aliphatic carbocycles. The van der Waals surface area contributed by atoms with Crippen molar-refractivity contribution in [2.75, 3.05) is 20.1 Å². The molecule has 1 amide bonds. The highest BCUT2D eigenvalue weighted by Crippen LogP contribution is 2.21. The average Bonchev–Trinajstić information content (AvgIpc) is 2.24. The van der Waals surface area contributed by atoms with Crippen LogP contribution in [0, 0.1) is 0 Å². The Bertz CT molecular complexity index is 369. The Hall–Kier alpha value is -1.26. The predicted octanol–water partition coefficient (Wildman–Crippen LogP) is 1.38. The van der Waals surface area contributed by atoms with Gasteiger partial charge in [0.1, 0.15) is 5.75 Å². The molecule has 0 atom stereocenters. The van der Waals surface area contributed by atoms with Gasteiger partial charge in [-0.15, -0.1) is 0 Å². The summed E-state index contributed by atoms with van der Waals surface area (Å²) in [6.45, 7) is 1.41. The Morgan fingerprint density at radius 3 is 2.81 bits per heavy atom. The van der Waals surface area contributed by atoms with Crippen molar-refractivity contribution in [1.82, 2.24) is 10.6 Å². The molecule has 16 heavy (non-hydrogen) atoms. The van der Waals surface area contributed by atoms with E-state index in [0.29, 0.717) is 11.6 Å². The Labute approximate surface area is 99.6 Å². The first kappa shape index (κ1) is 12.8. The van der Waals surface area contributed by atoms with Gasteiger partial charge in [0.25, 0.3) is 5.91 Å². The first-order valence-electron chi connectivity index (χ1n) is 5.06. The van der Waals surface area contributed by atoms with Gasteiger partial charge in [-0.05, 0) is 38.2 Å². The van der Waals surface area contributed by atoms with Gasteiger partial charge < -0.3 is 15.7 Å². The maximum Gasteiger partial charge on any atom is 0.255 e. The number of aromatic hydroxyl groups is 1. The smallest absolute Gasteiger partial charge is 0.255 e. The molecular formula is C11H15ClN2O2. The molecule has 0 spiro atoms. The van der Waals surface area contributed by atoms with Crippen LogP contribution in [-0.2, 0) is 0 Å². The van der Waals surface area contributed by atoms with Crippen molar-refractivity contribution in [1.29, 1.82) is 0 Å². The summed E-state index contributed by atoms with van der Waals surface area (Å²) in [7, 11) is 1.85. The molecule has 5 heteroatoms. The van der Waals surface area contributed by atoms with Crippen LogP contribution in [0.3, 0.4) is 0 Å². The van der Waals surface area contributed by atoms with Crippen molar-refractivity contribution in [3.63, 3.8) is 0 Å². The Morgan fingerprint density at radius 1 is 1.44 bits per heavy atom. The number of rotatable bonds is 5. The van der Waals surface area contributed by atoms with E-state index < -0.39 is 0 Å². The molecule has 0 aliphatic heterocycles. The first-order chi connectivity index (χ1) is 7.65. The maximum atomic E-state index is 11.6. The zero-order chi connectivity index (χ0) is 12.0. The van der Waals surface area contributed by atoms with Crippen molar-refractivity contribution in [2.45, 2.75) is 6.42 Å². The largest absolute Gasteiger partial charge is 0.507 e. The first-order valence-corrected chi connectivity index (χ1v) is 5.44. The zero-order valence-corrected chi connectivity index (χ0v) is 9.84. The molecule has 1 aromatic rings. The molecule has 1 aromatic carbocycles. The van der Waals surface area contributed by atoms with E-state index in [1.54, 1.807) is 6.07 Å². The predicted molar refractivity (Wildman–Crippen MR) is 64.0 cm³/mol. The van der Waals surface area contributed by atoms with E-state index in [4.69, 9.17) is 11.6 Å². The molecular weight excluding hydrogens is 228 g/mol. The van der Waals surface area contributed by atoms with E-state index in [1.165, 1.54) is 12.1 Å². The van der Waals surface area contributed by atoms with Crippen LogP contribution in [0.25, 0.3) is 0 Å². The topological polar surface area (TPSA) is 61.4 Å². The summed E-state index contributed by atoms with van der Waals surface area (Å²) in [5, 5.41) is 15.6. The maximum absolute atomic E-state index is 11.6. The van der Waals surface area contributed by atoms with Crippen LogP contribution in [0.5, 0.6) is 5.75 Å². The van der Waals surface area contributed by atoms with Crippen molar-refractivity contribution < 1.29 is 9.90 Å². The number of nitrogens with one attached hydrogen (secondary N) is 2. The molecule has 0 bridgehead atoms. The highest BCUT2D eigenvalue weighted by atomic mass is 35.5. The number of hydrogen-bond donors (Lipinski definition) is 3. The second kappa shape index (κ2) is 6.35. The monoisotopic (exact) mass is 242 g/mol. The highest BCUT2D eigenvalue weighted by Gasteiger charge is 2.10. The zero-order valence-electron chi connectivity index (χ0n) is 9.09. The summed E-state index contributed by atoms with van der Waals surface area (Å²) in [5.74, 6) is -0.385. The van der Waals surface area contributed by atoms with E-state index in [0.717, 1.165) is 13.0 Å². The van der Waals surface area contributed by atoms with Gasteiger partial charge in [0.2, 0.25) is 0 Å². The number of phenolic OH excluding ortho intramolecular Hbond substituents is 1. The van der Waals surface area contributed by atoms with Crippen LogP contribution >= 0.6 is 11.6 Å². The number of hydrogen-bond acceptors (Lipinski definition) is 3. The van der Waals surface area contributed by atoms with Crippen molar-refractivity contribution in [3.05, 3.63) is 28.8 Å². The van der Waals surface area contributed by atoms with E-state index in [9.17, 15) is 9.90 Å². The standard InChI is InChI=1S/C11H15ClN2O2/c1-13-5-2-6-14-11(16)9-4-3-8(12)7-10(9)15/h3-4,7,13,15H,2,5-6H2,1H3,(H,14,16). The SMILES string of the molecule is CNCCCNC(=O)c1ccc(Cl)cc1O. The summed E-state index contributed by atoms with van der Waals surface area (Å²) in [6, 6.07) is 4.43. The molecule has 0 unspecified atom stereocenters. The van der Waals surface area contributed by atoms with Gasteiger partial charge in [0.15, 0.2) is 0 Å². The second-order valence-electron chi connectivity index (χ2n) is 3.37. The van der Waals surface area contributed by atoms with Gasteiger partial charge in [-0.2, -0.15) is 0 Å². The van der Waals surface area contributed by atoms with Gasteiger partial charge in [-0.3, -0.25) is 4.79 Å². The van der Waals surface area contributed by atoms with E-state index in [2.05, 4.69) is 10.6 Å². The minimum atomic E-state index is -0.287. The highest BCUT2D eigenvalue weighted by molar-refractivity contribution is 6.30. The summed E-state index contributed by atoms with van der Waals surface area (Å²) in [5.41, 5.74) is 0.244. The van der Waals surface area contributed by atoms with Crippen molar-refractivity contribution >= 4 is 17.5 Å². The molecule has 0 fully saturated rings. The van der Waals surface area contributed by atoms with Crippen LogP contribution < -0.4 is 10.6 Å². The Kier molecular flexibility index (Phi) is 5.08. The van der Waals surface area contributed by atoms with E-state index in [-0.39, 0.29) is 17.2 Å². The molecule has 0 saturated carbocycles. The molecule has 0 radical (unpaired) electrons. The van der Waals surface area contributed by atoms with Crippen LogP contribution in [-0.4, -0.2) is 31.2 Å². The summed E-state index contributed by atoms with van der Waals surface area (Å²) in [6.07, 6.45) is 0.844. The lowest BCUT2D eigenvalue weighted by Crippen LogP contribution is -2.26. The molecule has 0 aromatic heterocycles. The number of carbonyl (C=O) groups is 1. The van der Waals surface area contributed by atoms with Crippen LogP contribution in [0.15, 0.2) is 18.2 Å². The summed E-state index contributed by atoms with van der Waals surface area (Å²) < 4.78 is 0. The minimum absolute atomic E-state index is 0.0985. The van der Waals surface area contributed by atoms with Crippen LogP contribution in [0.4, 0.5) is 0 Å². The van der Waals surface area contributed by atoms with Crippen molar-refractivity contribution in [2.24, 2.45) is 0 Å². The lowest BCUT2D eigenvalue weighted by molar-refractivity contribution is 0.0950. The van der Waals surface area contributed by atoms with Gasteiger partial charge in [-0.1, -0.05) is 11.6 Å². The van der Waals surface area contributed by atoms with Gasteiger partial charge in [0.05, 0.1) is 5.56 Å². The van der Waals surface area contributed by atoms with Gasteiger partial charge in [0, 0.05) is 11.6 Å². The third-order valence-corrected chi connectivity index (χ3v) is 2.33. The summed E-state index contributed by atoms with van der Waals surface area (Å²) >= 11 is 5.67. The summed E-state index contributed by atoms with van der Waals surface area (Å²) in [4.78, 5) is 11.6. The third-order valence-electron chi connectivity index (χ3n) is 2.09. The normalized spacial score (nSPS) is 10.1. The molecule has 0 saturated heterocycles. The molecule has 3 N–H and O–H groups in total. The number of halogens is 1. The van der Waals surface area contributed by atoms with Crippen LogP contribution in [0.1, 0.15) is 16.8 Å². The molecule has 88 valence electrons. The van der Waals surface area contributed by atoms with Gasteiger partial charge >= 0.3 is 0 Å². The number of amides is 1. The number of benzene rings is 1. The fourth-order valence-corrected chi connectivity index (χ4v) is 1.43. The van der Waals surface area contributed by atoms with Crippen LogP contribution in [0.2, 0.25) is 5.02 Å². The molecule has 1 rings (SSSR count).